The minimum Gasteiger partial charge on any atom is -0.497 e. The molecule has 2 N–H and O–H groups in total. The fourth-order valence-corrected chi connectivity index (χ4v) is 2.54. The van der Waals surface area contributed by atoms with Crippen molar-refractivity contribution in [1.82, 2.24) is 9.97 Å². The summed E-state index contributed by atoms with van der Waals surface area (Å²) in [6.45, 7) is 0. The summed E-state index contributed by atoms with van der Waals surface area (Å²) in [6, 6.07) is 16.3. The number of carbonyl (C=O) groups excluding carboxylic acids is 1. The lowest BCUT2D eigenvalue weighted by molar-refractivity contribution is 0.102. The van der Waals surface area contributed by atoms with Crippen LogP contribution in [0.1, 0.15) is 10.5 Å². The van der Waals surface area contributed by atoms with Gasteiger partial charge in [0.1, 0.15) is 11.4 Å². The van der Waals surface area contributed by atoms with E-state index in [0.29, 0.717) is 17.4 Å². The zero-order valence-corrected chi connectivity index (χ0v) is 14.9. The Kier molecular flexibility index (Phi) is 5.25. The van der Waals surface area contributed by atoms with Gasteiger partial charge < -0.3 is 15.4 Å². The predicted molar refractivity (Wildman–Crippen MR) is 100 cm³/mol. The quantitative estimate of drug-likeness (QED) is 0.671. The monoisotopic (exact) mass is 398 g/mol. The maximum Gasteiger partial charge on any atom is 0.274 e. The second kappa shape index (κ2) is 7.76. The number of halogens is 1. The van der Waals surface area contributed by atoms with Gasteiger partial charge in [-0.1, -0.05) is 28.1 Å². The topological polar surface area (TPSA) is 76.1 Å². The molecule has 7 heteroatoms. The standard InChI is InChI=1S/C18H15BrN4O2/c1-25-15-7-3-6-14(11-15)21-17(24)16-8-9-20-18(23-16)22-13-5-2-4-12(19)10-13/h2-11H,1H3,(H,21,24)(H,20,22,23). The Morgan fingerprint density at radius 2 is 1.88 bits per heavy atom. The SMILES string of the molecule is COc1cccc(NC(=O)c2ccnc(Nc3cccc(Br)c3)n2)c1. The van der Waals surface area contributed by atoms with Gasteiger partial charge in [0.15, 0.2) is 0 Å². The summed E-state index contributed by atoms with van der Waals surface area (Å²) in [4.78, 5) is 20.8. The zero-order valence-electron chi connectivity index (χ0n) is 13.4. The molecule has 3 rings (SSSR count). The third-order valence-electron chi connectivity index (χ3n) is 3.30. The van der Waals surface area contributed by atoms with Crippen LogP contribution >= 0.6 is 15.9 Å². The van der Waals surface area contributed by atoms with E-state index >= 15 is 0 Å². The fraction of sp³-hybridized carbons (Fsp3) is 0.0556. The van der Waals surface area contributed by atoms with Gasteiger partial charge in [0.25, 0.3) is 5.91 Å². The predicted octanol–water partition coefficient (Wildman–Crippen LogP) is 4.24. The van der Waals surface area contributed by atoms with Gasteiger partial charge >= 0.3 is 0 Å². The van der Waals surface area contributed by atoms with Crippen LogP contribution in [0, 0.1) is 0 Å². The third-order valence-corrected chi connectivity index (χ3v) is 3.79. The number of amides is 1. The Morgan fingerprint density at radius 3 is 2.68 bits per heavy atom. The second-order valence-corrected chi connectivity index (χ2v) is 6.00. The van der Waals surface area contributed by atoms with Crippen LogP contribution in [0.5, 0.6) is 5.75 Å². The van der Waals surface area contributed by atoms with E-state index in [2.05, 4.69) is 36.5 Å². The van der Waals surface area contributed by atoms with Crippen molar-refractivity contribution in [2.45, 2.75) is 0 Å². The molecular weight excluding hydrogens is 384 g/mol. The smallest absolute Gasteiger partial charge is 0.274 e. The van der Waals surface area contributed by atoms with E-state index in [1.165, 1.54) is 6.20 Å². The number of ether oxygens (including phenoxy) is 1. The van der Waals surface area contributed by atoms with Crippen LogP contribution in [0.3, 0.4) is 0 Å². The first kappa shape index (κ1) is 16.9. The summed E-state index contributed by atoms with van der Waals surface area (Å²) in [5.41, 5.74) is 1.71. The van der Waals surface area contributed by atoms with Gasteiger partial charge in [0, 0.05) is 28.1 Å². The van der Waals surface area contributed by atoms with Crippen LogP contribution in [-0.4, -0.2) is 23.0 Å². The van der Waals surface area contributed by atoms with Crippen molar-refractivity contribution in [3.63, 3.8) is 0 Å². The molecule has 6 nitrogen and oxygen atoms in total. The van der Waals surface area contributed by atoms with E-state index in [4.69, 9.17) is 4.74 Å². The van der Waals surface area contributed by atoms with Crippen molar-refractivity contribution in [1.29, 1.82) is 0 Å². The first-order valence-electron chi connectivity index (χ1n) is 7.45. The highest BCUT2D eigenvalue weighted by Crippen LogP contribution is 2.19. The lowest BCUT2D eigenvalue weighted by atomic mass is 10.3. The summed E-state index contributed by atoms with van der Waals surface area (Å²) >= 11 is 3.41. The van der Waals surface area contributed by atoms with Crippen LogP contribution in [-0.2, 0) is 0 Å². The summed E-state index contributed by atoms with van der Waals surface area (Å²) in [5, 5.41) is 5.86. The number of carbonyl (C=O) groups is 1. The Balaban J connectivity index is 1.75. The largest absolute Gasteiger partial charge is 0.497 e. The highest BCUT2D eigenvalue weighted by atomic mass is 79.9. The average Bonchev–Trinajstić information content (AvgIpc) is 2.62. The maximum absolute atomic E-state index is 12.4. The summed E-state index contributed by atoms with van der Waals surface area (Å²) in [5.74, 6) is 0.682. The van der Waals surface area contributed by atoms with Gasteiger partial charge in [-0.3, -0.25) is 4.79 Å². The molecular formula is C18H15BrN4O2. The number of nitrogens with zero attached hydrogens (tertiary/aromatic N) is 2. The zero-order chi connectivity index (χ0) is 17.6. The van der Waals surface area contributed by atoms with E-state index in [-0.39, 0.29) is 11.6 Å². The maximum atomic E-state index is 12.4. The van der Waals surface area contributed by atoms with Gasteiger partial charge in [0.2, 0.25) is 5.95 Å². The Bertz CT molecular complexity index is 902. The van der Waals surface area contributed by atoms with E-state index in [1.54, 1.807) is 37.4 Å². The molecule has 0 aliphatic heterocycles. The second-order valence-electron chi connectivity index (χ2n) is 5.09. The Morgan fingerprint density at radius 1 is 1.08 bits per heavy atom. The van der Waals surface area contributed by atoms with Crippen molar-refractivity contribution < 1.29 is 9.53 Å². The molecule has 0 saturated heterocycles. The lowest BCUT2D eigenvalue weighted by Crippen LogP contribution is -2.14. The molecule has 25 heavy (non-hydrogen) atoms. The van der Waals surface area contributed by atoms with Gasteiger partial charge in [0.05, 0.1) is 7.11 Å². The number of hydrogen-bond acceptors (Lipinski definition) is 5. The molecule has 0 unspecified atom stereocenters. The lowest BCUT2D eigenvalue weighted by Gasteiger charge is -2.08. The van der Waals surface area contributed by atoms with Crippen LogP contribution in [0.25, 0.3) is 0 Å². The number of nitrogens with one attached hydrogen (secondary N) is 2. The van der Waals surface area contributed by atoms with E-state index in [0.717, 1.165) is 10.2 Å². The van der Waals surface area contributed by atoms with Crippen molar-refractivity contribution in [3.05, 3.63) is 71.0 Å². The average molecular weight is 399 g/mol. The highest BCUT2D eigenvalue weighted by Gasteiger charge is 2.10. The molecule has 1 heterocycles. The van der Waals surface area contributed by atoms with Crippen LogP contribution in [0.4, 0.5) is 17.3 Å². The van der Waals surface area contributed by atoms with E-state index < -0.39 is 0 Å². The molecule has 0 spiro atoms. The normalized spacial score (nSPS) is 10.2. The van der Waals surface area contributed by atoms with Crippen LogP contribution in [0.15, 0.2) is 65.3 Å². The molecule has 0 aliphatic carbocycles. The van der Waals surface area contributed by atoms with Gasteiger partial charge in [-0.25, -0.2) is 9.97 Å². The van der Waals surface area contributed by atoms with Crippen LogP contribution in [0.2, 0.25) is 0 Å². The summed E-state index contributed by atoms with van der Waals surface area (Å²) < 4.78 is 6.08. The van der Waals surface area contributed by atoms with E-state index in [1.807, 2.05) is 24.3 Å². The minimum absolute atomic E-state index is 0.260. The number of methoxy groups -OCH3 is 1. The first-order chi connectivity index (χ1) is 12.1. The Labute approximate surface area is 153 Å². The number of aromatic nitrogens is 2. The molecule has 126 valence electrons. The number of benzene rings is 2. The van der Waals surface area contributed by atoms with Crippen LogP contribution < -0.4 is 15.4 Å². The van der Waals surface area contributed by atoms with E-state index in [9.17, 15) is 4.79 Å². The number of hydrogen-bond donors (Lipinski definition) is 2. The molecule has 1 amide bonds. The molecule has 1 aromatic heterocycles. The molecule has 2 aromatic carbocycles. The molecule has 0 fully saturated rings. The number of rotatable bonds is 5. The van der Waals surface area contributed by atoms with Crippen molar-refractivity contribution in [3.8, 4) is 5.75 Å². The molecule has 0 saturated carbocycles. The minimum atomic E-state index is -0.326. The molecule has 0 aliphatic rings. The van der Waals surface area contributed by atoms with Gasteiger partial charge in [-0.15, -0.1) is 0 Å². The highest BCUT2D eigenvalue weighted by molar-refractivity contribution is 9.10. The summed E-state index contributed by atoms with van der Waals surface area (Å²) in [7, 11) is 1.57. The molecule has 0 atom stereocenters. The summed E-state index contributed by atoms with van der Waals surface area (Å²) in [6.07, 6.45) is 1.54. The van der Waals surface area contributed by atoms with Crippen molar-refractivity contribution in [2.24, 2.45) is 0 Å². The third kappa shape index (κ3) is 4.54. The molecule has 0 radical (unpaired) electrons. The molecule has 0 bridgehead atoms. The molecule has 3 aromatic rings. The fourth-order valence-electron chi connectivity index (χ4n) is 2.14. The van der Waals surface area contributed by atoms with Crippen molar-refractivity contribution >= 4 is 39.2 Å². The first-order valence-corrected chi connectivity index (χ1v) is 8.24. The Hall–Kier alpha value is -2.93. The number of anilines is 3. The van der Waals surface area contributed by atoms with Gasteiger partial charge in [-0.2, -0.15) is 0 Å². The van der Waals surface area contributed by atoms with Crippen molar-refractivity contribution in [2.75, 3.05) is 17.7 Å². The van der Waals surface area contributed by atoms with Gasteiger partial charge in [-0.05, 0) is 36.4 Å².